The summed E-state index contributed by atoms with van der Waals surface area (Å²) in [5.74, 6) is 0.254. The summed E-state index contributed by atoms with van der Waals surface area (Å²) in [6.45, 7) is 13.0. The highest BCUT2D eigenvalue weighted by atomic mass is 16.2. The van der Waals surface area contributed by atoms with Crippen LogP contribution in [0.15, 0.2) is 0 Å². The van der Waals surface area contributed by atoms with Crippen molar-refractivity contribution in [2.24, 2.45) is 5.41 Å². The normalized spacial score (nSPS) is 14.0. The van der Waals surface area contributed by atoms with Gasteiger partial charge in [0.1, 0.15) is 0 Å². The van der Waals surface area contributed by atoms with E-state index in [1.54, 1.807) is 0 Å². The van der Waals surface area contributed by atoms with Crippen molar-refractivity contribution in [2.45, 2.75) is 54.0 Å². The van der Waals surface area contributed by atoms with Gasteiger partial charge in [0.2, 0.25) is 5.91 Å². The maximum atomic E-state index is 11.9. The Morgan fingerprint density at radius 2 is 1.77 bits per heavy atom. The fourth-order valence-corrected chi connectivity index (χ4v) is 1.31. The van der Waals surface area contributed by atoms with Gasteiger partial charge in [-0.1, -0.05) is 27.7 Å². The molecule has 1 unspecified atom stereocenters. The van der Waals surface area contributed by atoms with Gasteiger partial charge in [-0.15, -0.1) is 0 Å². The lowest BCUT2D eigenvalue weighted by Gasteiger charge is -2.33. The monoisotopic (exact) mass is 185 g/mol. The van der Waals surface area contributed by atoms with Crippen molar-refractivity contribution >= 4 is 5.91 Å². The Morgan fingerprint density at radius 1 is 1.31 bits per heavy atom. The van der Waals surface area contributed by atoms with Crippen LogP contribution in [-0.2, 0) is 4.79 Å². The zero-order chi connectivity index (χ0) is 10.6. The van der Waals surface area contributed by atoms with Crippen molar-refractivity contribution < 1.29 is 4.79 Å². The van der Waals surface area contributed by atoms with Crippen molar-refractivity contribution in [1.29, 1.82) is 0 Å². The van der Waals surface area contributed by atoms with Gasteiger partial charge < -0.3 is 4.90 Å². The third-order valence-electron chi connectivity index (χ3n) is 2.37. The average Bonchev–Trinajstić information content (AvgIpc) is 2.03. The third-order valence-corrected chi connectivity index (χ3v) is 2.37. The molecule has 0 aromatic carbocycles. The van der Waals surface area contributed by atoms with Crippen LogP contribution in [0.5, 0.6) is 0 Å². The summed E-state index contributed by atoms with van der Waals surface area (Å²) in [6, 6.07) is 0.358. The van der Waals surface area contributed by atoms with Crippen LogP contribution in [-0.4, -0.2) is 23.4 Å². The molecule has 13 heavy (non-hydrogen) atoms. The first-order valence-electron chi connectivity index (χ1n) is 5.15. The van der Waals surface area contributed by atoms with Crippen LogP contribution in [0.2, 0.25) is 0 Å². The summed E-state index contributed by atoms with van der Waals surface area (Å²) in [7, 11) is 0. The second-order valence-corrected chi connectivity index (χ2v) is 4.60. The van der Waals surface area contributed by atoms with E-state index in [0.29, 0.717) is 6.04 Å². The number of nitrogens with zero attached hydrogens (tertiary/aromatic N) is 1. The maximum Gasteiger partial charge on any atom is 0.228 e. The van der Waals surface area contributed by atoms with Crippen LogP contribution in [0.25, 0.3) is 0 Å². The average molecular weight is 185 g/mol. The Hall–Kier alpha value is -0.530. The highest BCUT2D eigenvalue weighted by Gasteiger charge is 2.28. The second kappa shape index (κ2) is 4.64. The molecule has 0 bridgehead atoms. The van der Waals surface area contributed by atoms with Gasteiger partial charge in [0.15, 0.2) is 0 Å². The predicted molar refractivity (Wildman–Crippen MR) is 56.6 cm³/mol. The van der Waals surface area contributed by atoms with Gasteiger partial charge in [-0.25, -0.2) is 0 Å². The van der Waals surface area contributed by atoms with E-state index in [4.69, 9.17) is 0 Å². The molecule has 0 radical (unpaired) electrons. The van der Waals surface area contributed by atoms with Crippen molar-refractivity contribution in [3.63, 3.8) is 0 Å². The number of hydrogen-bond acceptors (Lipinski definition) is 1. The van der Waals surface area contributed by atoms with E-state index in [-0.39, 0.29) is 11.3 Å². The van der Waals surface area contributed by atoms with Gasteiger partial charge in [0, 0.05) is 18.0 Å². The Bertz CT molecular complexity index is 169. The van der Waals surface area contributed by atoms with Crippen molar-refractivity contribution in [3.8, 4) is 0 Å². The van der Waals surface area contributed by atoms with Gasteiger partial charge in [-0.2, -0.15) is 0 Å². The van der Waals surface area contributed by atoms with Crippen molar-refractivity contribution in [2.75, 3.05) is 6.54 Å². The first-order chi connectivity index (χ1) is 5.84. The van der Waals surface area contributed by atoms with E-state index in [1.165, 1.54) is 0 Å². The predicted octanol–water partition coefficient (Wildman–Crippen LogP) is 2.68. The van der Waals surface area contributed by atoms with Crippen LogP contribution < -0.4 is 0 Å². The Balaban J connectivity index is 4.50. The molecule has 0 saturated heterocycles. The fourth-order valence-electron chi connectivity index (χ4n) is 1.31. The lowest BCUT2D eigenvalue weighted by Crippen LogP contribution is -2.44. The van der Waals surface area contributed by atoms with E-state index in [0.717, 1.165) is 13.0 Å². The van der Waals surface area contributed by atoms with Gasteiger partial charge in [0.25, 0.3) is 0 Å². The van der Waals surface area contributed by atoms with Crippen molar-refractivity contribution in [1.82, 2.24) is 4.90 Å². The van der Waals surface area contributed by atoms with Gasteiger partial charge in [-0.05, 0) is 20.3 Å². The second-order valence-electron chi connectivity index (χ2n) is 4.60. The van der Waals surface area contributed by atoms with Gasteiger partial charge >= 0.3 is 0 Å². The van der Waals surface area contributed by atoms with E-state index >= 15 is 0 Å². The first kappa shape index (κ1) is 12.5. The smallest absolute Gasteiger partial charge is 0.228 e. The first-order valence-corrected chi connectivity index (χ1v) is 5.15. The Morgan fingerprint density at radius 3 is 2.00 bits per heavy atom. The van der Waals surface area contributed by atoms with E-state index < -0.39 is 0 Å². The summed E-state index contributed by atoms with van der Waals surface area (Å²) < 4.78 is 0. The van der Waals surface area contributed by atoms with Gasteiger partial charge in [0.05, 0.1) is 0 Å². The van der Waals surface area contributed by atoms with E-state index in [1.807, 2.05) is 32.6 Å². The number of hydrogen-bond donors (Lipinski definition) is 0. The summed E-state index contributed by atoms with van der Waals surface area (Å²) in [6.07, 6.45) is 1.02. The molecule has 1 amide bonds. The van der Waals surface area contributed by atoms with Crippen LogP contribution in [0.3, 0.4) is 0 Å². The Kier molecular flexibility index (Phi) is 4.45. The quantitative estimate of drug-likeness (QED) is 0.662. The standard InChI is InChI=1S/C11H23NO/c1-7-9(3)12(8-2)10(13)11(4,5)6/h9H,7-8H2,1-6H3. The summed E-state index contributed by atoms with van der Waals surface area (Å²) in [4.78, 5) is 13.9. The zero-order valence-electron chi connectivity index (χ0n) is 9.85. The molecule has 0 aliphatic rings. The van der Waals surface area contributed by atoms with Crippen LogP contribution in [0.4, 0.5) is 0 Å². The molecule has 0 fully saturated rings. The highest BCUT2D eigenvalue weighted by Crippen LogP contribution is 2.19. The largest absolute Gasteiger partial charge is 0.340 e. The molecule has 0 aliphatic carbocycles. The molecular weight excluding hydrogens is 162 g/mol. The molecular formula is C11H23NO. The third kappa shape index (κ3) is 3.37. The summed E-state index contributed by atoms with van der Waals surface area (Å²) >= 11 is 0. The zero-order valence-corrected chi connectivity index (χ0v) is 9.85. The summed E-state index contributed by atoms with van der Waals surface area (Å²) in [5, 5.41) is 0. The lowest BCUT2D eigenvalue weighted by atomic mass is 9.94. The molecule has 0 aliphatic heterocycles. The van der Waals surface area contributed by atoms with Gasteiger partial charge in [-0.3, -0.25) is 4.79 Å². The maximum absolute atomic E-state index is 11.9. The SMILES string of the molecule is CCC(C)N(CC)C(=O)C(C)(C)C. The lowest BCUT2D eigenvalue weighted by molar-refractivity contribution is -0.141. The molecule has 0 rings (SSSR count). The van der Waals surface area contributed by atoms with Crippen LogP contribution in [0.1, 0.15) is 48.0 Å². The number of carbonyl (C=O) groups is 1. The molecule has 0 heterocycles. The summed E-state index contributed by atoms with van der Waals surface area (Å²) in [5.41, 5.74) is -0.251. The van der Waals surface area contributed by atoms with Crippen molar-refractivity contribution in [3.05, 3.63) is 0 Å². The minimum Gasteiger partial charge on any atom is -0.340 e. The molecule has 2 heteroatoms. The van der Waals surface area contributed by atoms with E-state index in [9.17, 15) is 4.79 Å². The molecule has 78 valence electrons. The minimum absolute atomic E-state index is 0.251. The Labute approximate surface area is 82.3 Å². The van der Waals surface area contributed by atoms with Crippen LogP contribution >= 0.6 is 0 Å². The minimum atomic E-state index is -0.251. The molecule has 0 aromatic heterocycles. The van der Waals surface area contributed by atoms with E-state index in [2.05, 4.69) is 13.8 Å². The molecule has 1 atom stereocenters. The number of rotatable bonds is 3. The highest BCUT2D eigenvalue weighted by molar-refractivity contribution is 5.81. The molecule has 0 N–H and O–H groups in total. The molecule has 0 spiro atoms. The molecule has 0 saturated carbocycles. The molecule has 2 nitrogen and oxygen atoms in total. The number of amides is 1. The van der Waals surface area contributed by atoms with Crippen LogP contribution in [0, 0.1) is 5.41 Å². The number of carbonyl (C=O) groups excluding carboxylic acids is 1. The molecule has 0 aromatic rings. The topological polar surface area (TPSA) is 20.3 Å². The fraction of sp³-hybridized carbons (Fsp3) is 0.909.